The lowest BCUT2D eigenvalue weighted by Gasteiger charge is -2.04. The van der Waals surface area contributed by atoms with Crippen LogP contribution in [-0.2, 0) is 6.42 Å². The van der Waals surface area contributed by atoms with Crippen molar-refractivity contribution >= 4 is 31.9 Å². The Bertz CT molecular complexity index is 268. The van der Waals surface area contributed by atoms with Gasteiger partial charge in [-0.15, -0.1) is 0 Å². The van der Waals surface area contributed by atoms with Crippen molar-refractivity contribution in [3.05, 3.63) is 32.2 Å². The van der Waals surface area contributed by atoms with Gasteiger partial charge in [0, 0.05) is 8.95 Å². The minimum Gasteiger partial charge on any atom is -0.0683 e. The summed E-state index contributed by atoms with van der Waals surface area (Å²) in [6, 6.07) is 4.31. The molecule has 0 aromatic heterocycles. The van der Waals surface area contributed by atoms with E-state index in [1.165, 1.54) is 20.1 Å². The quantitative estimate of drug-likeness (QED) is 0.493. The van der Waals surface area contributed by atoms with Crippen LogP contribution in [0.25, 0.3) is 0 Å². The van der Waals surface area contributed by atoms with E-state index in [1.54, 1.807) is 0 Å². The van der Waals surface area contributed by atoms with Gasteiger partial charge in [0.15, 0.2) is 0 Å². The number of hydrogen-bond acceptors (Lipinski definition) is 0. The molecule has 0 bridgehead atoms. The van der Waals surface area contributed by atoms with Gasteiger partial charge in [-0.2, -0.15) is 0 Å². The first-order valence-electron chi connectivity index (χ1n) is 6.59. The van der Waals surface area contributed by atoms with Crippen LogP contribution in [0.4, 0.5) is 0 Å². The zero-order valence-electron chi connectivity index (χ0n) is 12.6. The number of benzene rings is 1. The van der Waals surface area contributed by atoms with Crippen molar-refractivity contribution in [2.45, 2.75) is 61.8 Å². The van der Waals surface area contributed by atoms with E-state index in [2.05, 4.69) is 57.8 Å². The van der Waals surface area contributed by atoms with E-state index in [1.807, 2.05) is 41.5 Å². The van der Waals surface area contributed by atoms with Crippen molar-refractivity contribution in [1.29, 1.82) is 0 Å². The maximum absolute atomic E-state index is 3.52. The Kier molecular flexibility index (Phi) is 21.3. The molecule has 102 valence electrons. The predicted octanol–water partition coefficient (Wildman–Crippen LogP) is 7.16. The van der Waals surface area contributed by atoms with Gasteiger partial charge in [0.25, 0.3) is 0 Å². The Hall–Kier alpha value is 0.180. The van der Waals surface area contributed by atoms with Gasteiger partial charge in [0.1, 0.15) is 0 Å². The molecule has 0 saturated heterocycles. The Morgan fingerprint density at radius 1 is 0.824 bits per heavy atom. The Labute approximate surface area is 125 Å². The van der Waals surface area contributed by atoms with Crippen molar-refractivity contribution in [1.82, 2.24) is 0 Å². The molecule has 0 amide bonds. The van der Waals surface area contributed by atoms with Crippen LogP contribution in [0.3, 0.4) is 0 Å². The van der Waals surface area contributed by atoms with Crippen molar-refractivity contribution in [2.24, 2.45) is 0 Å². The zero-order chi connectivity index (χ0) is 14.4. The minimum absolute atomic E-state index is 1.07. The third-order valence-corrected chi connectivity index (χ3v) is 3.30. The molecular formula is C15H28Br2. The topological polar surface area (TPSA) is 0 Å². The molecule has 0 aliphatic rings. The average Bonchev–Trinajstić information content (AvgIpc) is 2.41. The summed E-state index contributed by atoms with van der Waals surface area (Å²) in [5, 5.41) is 0. The molecule has 0 nitrogen and oxygen atoms in total. The third kappa shape index (κ3) is 9.84. The van der Waals surface area contributed by atoms with Gasteiger partial charge >= 0.3 is 0 Å². The van der Waals surface area contributed by atoms with Gasteiger partial charge in [-0.25, -0.2) is 0 Å². The molecule has 1 rings (SSSR count). The van der Waals surface area contributed by atoms with E-state index in [9.17, 15) is 0 Å². The highest BCUT2D eigenvalue weighted by Gasteiger charge is 2.00. The standard InChI is InChI=1S/C9H10Br2.3C2H6/c1-3-7-5-8(10)6(2)4-9(7)11;3*1-2/h4-5H,3H2,1-2H3;3*1-2H3. The molecule has 17 heavy (non-hydrogen) atoms. The summed E-state index contributed by atoms with van der Waals surface area (Å²) in [6.45, 7) is 16.2. The van der Waals surface area contributed by atoms with Gasteiger partial charge in [-0.3, -0.25) is 0 Å². The lowest BCUT2D eigenvalue weighted by atomic mass is 10.1. The first-order chi connectivity index (χ1) is 8.15. The van der Waals surface area contributed by atoms with Crippen LogP contribution in [0.1, 0.15) is 59.6 Å². The summed E-state index contributed by atoms with van der Waals surface area (Å²) in [4.78, 5) is 0. The molecule has 1 aromatic rings. The minimum atomic E-state index is 1.07. The van der Waals surface area contributed by atoms with Crippen LogP contribution in [0.2, 0.25) is 0 Å². The molecule has 0 saturated carbocycles. The number of hydrogen-bond donors (Lipinski definition) is 0. The number of rotatable bonds is 1. The molecule has 1 aromatic carbocycles. The molecule has 0 fully saturated rings. The SMILES string of the molecule is CC.CC.CC.CCc1cc(Br)c(C)cc1Br. The third-order valence-electron chi connectivity index (χ3n) is 1.71. The number of halogens is 2. The molecule has 0 unspecified atom stereocenters. The van der Waals surface area contributed by atoms with Crippen LogP contribution in [0, 0.1) is 6.92 Å². The summed E-state index contributed by atoms with van der Waals surface area (Å²) in [7, 11) is 0. The molecule has 0 N–H and O–H groups in total. The second-order valence-electron chi connectivity index (χ2n) is 2.55. The Balaban J connectivity index is -0.000000285. The average molecular weight is 368 g/mol. The fraction of sp³-hybridized carbons (Fsp3) is 0.600. The van der Waals surface area contributed by atoms with Gasteiger partial charge in [-0.05, 0) is 36.6 Å². The van der Waals surface area contributed by atoms with Crippen molar-refractivity contribution in [3.8, 4) is 0 Å². The second kappa shape index (κ2) is 16.2. The molecule has 0 atom stereocenters. The predicted molar refractivity (Wildman–Crippen MR) is 90.0 cm³/mol. The maximum atomic E-state index is 3.52. The molecule has 0 radical (unpaired) electrons. The van der Waals surface area contributed by atoms with E-state index in [0.29, 0.717) is 0 Å². The molecule has 0 aliphatic carbocycles. The van der Waals surface area contributed by atoms with Crippen molar-refractivity contribution < 1.29 is 0 Å². The second-order valence-corrected chi connectivity index (χ2v) is 4.26. The fourth-order valence-corrected chi connectivity index (χ4v) is 2.09. The highest BCUT2D eigenvalue weighted by Crippen LogP contribution is 2.25. The van der Waals surface area contributed by atoms with Crippen LogP contribution >= 0.6 is 31.9 Å². The molecule has 0 aliphatic heterocycles. The fourth-order valence-electron chi connectivity index (χ4n) is 0.958. The monoisotopic (exact) mass is 366 g/mol. The maximum Gasteiger partial charge on any atom is 0.0210 e. The van der Waals surface area contributed by atoms with Crippen LogP contribution < -0.4 is 0 Å². The smallest absolute Gasteiger partial charge is 0.0210 e. The first kappa shape index (κ1) is 22.4. The summed E-state index contributed by atoms with van der Waals surface area (Å²) in [5.41, 5.74) is 2.62. The molecule has 0 spiro atoms. The van der Waals surface area contributed by atoms with Crippen molar-refractivity contribution in [2.75, 3.05) is 0 Å². The summed E-state index contributed by atoms with van der Waals surface area (Å²) < 4.78 is 2.40. The van der Waals surface area contributed by atoms with E-state index in [0.717, 1.165) is 6.42 Å². The van der Waals surface area contributed by atoms with Gasteiger partial charge < -0.3 is 0 Å². The first-order valence-corrected chi connectivity index (χ1v) is 8.18. The lowest BCUT2D eigenvalue weighted by Crippen LogP contribution is -1.85. The van der Waals surface area contributed by atoms with E-state index in [-0.39, 0.29) is 0 Å². The molecular weight excluding hydrogens is 340 g/mol. The lowest BCUT2D eigenvalue weighted by molar-refractivity contribution is 1.12. The highest BCUT2D eigenvalue weighted by molar-refractivity contribution is 9.11. The molecule has 2 heteroatoms. The molecule has 0 heterocycles. The van der Waals surface area contributed by atoms with Gasteiger partial charge in [-0.1, -0.05) is 80.3 Å². The Morgan fingerprint density at radius 2 is 1.24 bits per heavy atom. The van der Waals surface area contributed by atoms with Crippen LogP contribution in [0.15, 0.2) is 21.1 Å². The summed E-state index contributed by atoms with van der Waals surface area (Å²) >= 11 is 7.02. The van der Waals surface area contributed by atoms with E-state index < -0.39 is 0 Å². The van der Waals surface area contributed by atoms with E-state index in [4.69, 9.17) is 0 Å². The largest absolute Gasteiger partial charge is 0.0683 e. The van der Waals surface area contributed by atoms with Gasteiger partial charge in [0.2, 0.25) is 0 Å². The van der Waals surface area contributed by atoms with Crippen molar-refractivity contribution in [3.63, 3.8) is 0 Å². The number of aryl methyl sites for hydroxylation is 2. The summed E-state index contributed by atoms with van der Waals surface area (Å²) in [5.74, 6) is 0. The summed E-state index contributed by atoms with van der Waals surface area (Å²) in [6.07, 6.45) is 1.07. The Morgan fingerprint density at radius 3 is 1.59 bits per heavy atom. The highest BCUT2D eigenvalue weighted by atomic mass is 79.9. The van der Waals surface area contributed by atoms with Crippen LogP contribution in [-0.4, -0.2) is 0 Å². The van der Waals surface area contributed by atoms with E-state index >= 15 is 0 Å². The normalized spacial score (nSPS) is 7.65. The zero-order valence-corrected chi connectivity index (χ0v) is 15.8. The van der Waals surface area contributed by atoms with Gasteiger partial charge in [0.05, 0.1) is 0 Å². The van der Waals surface area contributed by atoms with Crippen LogP contribution in [0.5, 0.6) is 0 Å².